The van der Waals surface area contributed by atoms with Crippen LogP contribution in [0.25, 0.3) is 0 Å². The Morgan fingerprint density at radius 2 is 0.774 bits per heavy atom. The minimum Gasteiger partial charge on any atom is -0.463 e. The molecule has 3 rings (SSSR count). The van der Waals surface area contributed by atoms with Gasteiger partial charge in [-0.25, -0.2) is 14.4 Å². The summed E-state index contributed by atoms with van der Waals surface area (Å²) in [5.74, 6) is -2.38. The minimum atomic E-state index is -4.50. The largest absolute Gasteiger partial charge is 0.463 e. The topological polar surface area (TPSA) is 211 Å². The van der Waals surface area contributed by atoms with Crippen molar-refractivity contribution in [3.05, 3.63) is 118 Å². The van der Waals surface area contributed by atoms with Gasteiger partial charge in [-0.15, -0.1) is 0 Å². The Hall–Kier alpha value is -6.11. The molecule has 3 aromatic rings. The second-order valence-electron chi connectivity index (χ2n) is 22.2. The van der Waals surface area contributed by atoms with Crippen molar-refractivity contribution in [2.75, 3.05) is 40.1 Å². The van der Waals surface area contributed by atoms with Crippen molar-refractivity contribution in [3.63, 3.8) is 0 Å². The highest BCUT2D eigenvalue weighted by Crippen LogP contribution is 2.34. The lowest BCUT2D eigenvalue weighted by atomic mass is 9.90. The minimum absolute atomic E-state index is 0. The lowest BCUT2D eigenvalue weighted by molar-refractivity contribution is -0.154. The van der Waals surface area contributed by atoms with Gasteiger partial charge in [0.15, 0.2) is 0 Å². The van der Waals surface area contributed by atoms with Gasteiger partial charge < -0.3 is 55.0 Å². The zero-order chi connectivity index (χ0) is 61.8. The number of esters is 1. The van der Waals surface area contributed by atoms with Gasteiger partial charge in [-0.3, -0.25) is 4.79 Å². The van der Waals surface area contributed by atoms with E-state index >= 15 is 0 Å². The van der Waals surface area contributed by atoms with Gasteiger partial charge in [-0.05, 0) is 143 Å². The first-order valence-corrected chi connectivity index (χ1v) is 25.1. The highest BCUT2D eigenvalue weighted by Gasteiger charge is 2.36. The molecule has 0 aliphatic carbocycles. The number of halogens is 9. The van der Waals surface area contributed by atoms with Crippen molar-refractivity contribution in [2.45, 2.75) is 191 Å². The average molecular weight is 1220 g/mol. The van der Waals surface area contributed by atoms with Crippen LogP contribution in [0.3, 0.4) is 0 Å². The van der Waals surface area contributed by atoms with Gasteiger partial charge in [0.05, 0.1) is 66.7 Å². The van der Waals surface area contributed by atoms with E-state index in [9.17, 15) is 74.0 Å². The third-order valence-electron chi connectivity index (χ3n) is 10.8. The maximum atomic E-state index is 12.8. The number of carbonyl (C=O) groups excluding carboxylic acids is 4. The van der Waals surface area contributed by atoms with Crippen LogP contribution in [0.2, 0.25) is 0 Å². The number of ether oxygens (including phenoxy) is 5. The molecule has 0 saturated carbocycles. The molecule has 0 radical (unpaired) electrons. The standard InChI is InChI=1S/C21H30F3NO5.C18H24F3NO3.C17H24F3NO4.4CH4/c1-19(2,3)17(27)29-12-16(25-18(28)30-20(4,5)6)15(11-26)13-7-9-14(10-8-13)21(22,23)24;1-5-6-14(12-7-9-13(10-8-12)18(19,20)21)15(11-23)22-16(24)25-17(2,3)4;1-16(2,3)25-15(23)21-14(9-22)13(10-24-4)11-5-7-12(8-6-11)17(18,19)20;;;;/h7-10,15-16,26H,11-12H2,1-6H3,(H,25,28);5-10,14-15,23H,11H2,1-4H3,(H,22,24);5-8,13-14,22H,9-10H2,1-4H3,(H,21,23);4*1H4/b;6-5+;;;;;/t15-,16+;14-,15+;13-,14+;;;;/m000..../s1. The van der Waals surface area contributed by atoms with Gasteiger partial charge in [0.25, 0.3) is 0 Å². The third-order valence-corrected chi connectivity index (χ3v) is 10.8. The van der Waals surface area contributed by atoms with Gasteiger partial charge in [0.1, 0.15) is 23.4 Å². The number of alkyl carbamates (subject to hydrolysis) is 3. The molecule has 0 aromatic heterocycles. The van der Waals surface area contributed by atoms with Crippen molar-refractivity contribution < 1.29 is 97.7 Å². The predicted octanol–water partition coefficient (Wildman–Crippen LogP) is 14.4. The number of rotatable bonds is 17. The second-order valence-corrected chi connectivity index (χ2v) is 22.2. The Bertz CT molecular complexity index is 2390. The number of amides is 3. The number of methoxy groups -OCH3 is 1. The second kappa shape index (κ2) is 36.0. The molecule has 0 unspecified atom stereocenters. The van der Waals surface area contributed by atoms with Gasteiger partial charge >= 0.3 is 42.8 Å². The molecule has 3 amide bonds. The van der Waals surface area contributed by atoms with Gasteiger partial charge in [0, 0.05) is 24.9 Å². The van der Waals surface area contributed by atoms with Crippen LogP contribution in [-0.4, -0.2) is 115 Å². The molecule has 84 heavy (non-hydrogen) atoms. The maximum Gasteiger partial charge on any atom is 0.416 e. The van der Waals surface area contributed by atoms with Crippen molar-refractivity contribution in [1.29, 1.82) is 0 Å². The fraction of sp³-hybridized carbons (Fsp3) is 0.600. The van der Waals surface area contributed by atoms with E-state index in [1.165, 1.54) is 43.5 Å². The highest BCUT2D eigenvalue weighted by molar-refractivity contribution is 5.75. The number of hydrogen-bond acceptors (Lipinski definition) is 12. The molecule has 0 bridgehead atoms. The summed E-state index contributed by atoms with van der Waals surface area (Å²) in [5.41, 5.74) is -3.96. The van der Waals surface area contributed by atoms with E-state index in [1.54, 1.807) is 102 Å². The summed E-state index contributed by atoms with van der Waals surface area (Å²) in [6, 6.07) is 11.0. The van der Waals surface area contributed by atoms with Crippen LogP contribution >= 0.6 is 0 Å². The van der Waals surface area contributed by atoms with E-state index < -0.39 is 137 Å². The summed E-state index contributed by atoms with van der Waals surface area (Å²) in [4.78, 5) is 48.2. The quantitative estimate of drug-likeness (QED) is 0.0323. The van der Waals surface area contributed by atoms with E-state index in [1.807, 2.05) is 0 Å². The lowest BCUT2D eigenvalue weighted by Gasteiger charge is -2.29. The molecular weight excluding hydrogens is 1130 g/mol. The number of benzene rings is 3. The number of alkyl halides is 9. The first-order valence-electron chi connectivity index (χ1n) is 25.1. The van der Waals surface area contributed by atoms with Crippen molar-refractivity contribution >= 4 is 24.2 Å². The van der Waals surface area contributed by atoms with Gasteiger partial charge in [-0.2, -0.15) is 39.5 Å². The summed E-state index contributed by atoms with van der Waals surface area (Å²) >= 11 is 0. The summed E-state index contributed by atoms with van der Waals surface area (Å²) < 4.78 is 141. The van der Waals surface area contributed by atoms with Crippen LogP contribution in [0.4, 0.5) is 53.9 Å². The molecule has 484 valence electrons. The van der Waals surface area contributed by atoms with Gasteiger partial charge in [-0.1, -0.05) is 78.3 Å². The van der Waals surface area contributed by atoms with E-state index in [0.717, 1.165) is 36.4 Å². The maximum absolute atomic E-state index is 12.8. The Morgan fingerprint density at radius 3 is 1.05 bits per heavy atom. The van der Waals surface area contributed by atoms with Crippen LogP contribution in [0.5, 0.6) is 0 Å². The predicted molar refractivity (Wildman–Crippen MR) is 307 cm³/mol. The SMILES string of the molecule is C.C.C.C.C/C=C/[C@@H](c1ccc(C(F)(F)F)cc1)[C@@H](CO)NC(=O)OC(C)(C)C.CC(C)(C)OC(=O)N[C@H](COC(=O)C(C)(C)C)[C@@H](CO)c1ccc(C(F)(F)F)cc1.COC[C@@H](c1ccc(C(F)(F)F)cc1)[C@@H](CO)NC(=O)OC(C)(C)C. The molecule has 6 atom stereocenters. The van der Waals surface area contributed by atoms with Crippen LogP contribution < -0.4 is 16.0 Å². The average Bonchev–Trinajstić information content (AvgIpc) is 3.30. The molecule has 0 fully saturated rings. The molecule has 0 aliphatic rings. The smallest absolute Gasteiger partial charge is 0.416 e. The van der Waals surface area contributed by atoms with Crippen LogP contribution in [0, 0.1) is 5.41 Å². The van der Waals surface area contributed by atoms with Crippen molar-refractivity contribution in [1.82, 2.24) is 16.0 Å². The van der Waals surface area contributed by atoms with Crippen molar-refractivity contribution in [2.24, 2.45) is 5.41 Å². The fourth-order valence-corrected chi connectivity index (χ4v) is 7.05. The first kappa shape index (κ1) is 84.3. The van der Waals surface area contributed by atoms with Gasteiger partial charge in [0.2, 0.25) is 0 Å². The van der Waals surface area contributed by atoms with Crippen molar-refractivity contribution in [3.8, 4) is 0 Å². The normalized spacial score (nSPS) is 14.1. The zero-order valence-electron chi connectivity index (χ0n) is 47.5. The number of nitrogens with one attached hydrogen (secondary N) is 3. The Morgan fingerprint density at radius 1 is 0.464 bits per heavy atom. The number of hydrogen-bond donors (Lipinski definition) is 6. The summed E-state index contributed by atoms with van der Waals surface area (Å²) in [6.45, 7) is 20.4. The number of aliphatic hydroxyl groups is 3. The lowest BCUT2D eigenvalue weighted by Crippen LogP contribution is -2.46. The first-order chi connectivity index (χ1) is 36.5. The molecule has 0 aliphatic heterocycles. The fourth-order valence-electron chi connectivity index (χ4n) is 7.05. The third kappa shape index (κ3) is 31.7. The zero-order valence-corrected chi connectivity index (χ0v) is 47.5. The molecule has 6 N–H and O–H groups in total. The molecule has 0 saturated heterocycles. The highest BCUT2D eigenvalue weighted by atomic mass is 19.4. The summed E-state index contributed by atoms with van der Waals surface area (Å²) in [7, 11) is 1.43. The van der Waals surface area contributed by atoms with Crippen LogP contribution in [0.1, 0.15) is 171 Å². The number of carbonyl (C=O) groups is 4. The van der Waals surface area contributed by atoms with E-state index in [0.29, 0.717) is 16.7 Å². The Labute approximate surface area is 491 Å². The van der Waals surface area contributed by atoms with E-state index in [-0.39, 0.29) is 42.9 Å². The molecular formula is C60H94F9N3O12. The molecule has 0 heterocycles. The molecule has 15 nitrogen and oxygen atoms in total. The summed E-state index contributed by atoms with van der Waals surface area (Å²) in [6.07, 6.45) is -12.1. The summed E-state index contributed by atoms with van der Waals surface area (Å²) in [5, 5.41) is 36.8. The Kier molecular flexibility index (Phi) is 36.2. The van der Waals surface area contributed by atoms with E-state index in [2.05, 4.69) is 16.0 Å². The Balaban J connectivity index is -0.000000561. The van der Waals surface area contributed by atoms with Crippen LogP contribution in [0.15, 0.2) is 84.9 Å². The monoisotopic (exact) mass is 1220 g/mol. The molecule has 0 spiro atoms. The number of aliphatic hydroxyl groups excluding tert-OH is 3. The van der Waals surface area contributed by atoms with E-state index in [4.69, 9.17) is 23.7 Å². The molecule has 3 aromatic carbocycles. The van der Waals surface area contributed by atoms with Crippen LogP contribution in [-0.2, 0) is 47.0 Å². The number of allylic oxidation sites excluding steroid dienone is 1. The molecule has 24 heteroatoms.